The summed E-state index contributed by atoms with van der Waals surface area (Å²) in [6, 6.07) is 10.2. The van der Waals surface area contributed by atoms with Crippen molar-refractivity contribution in [3.8, 4) is 6.07 Å². The summed E-state index contributed by atoms with van der Waals surface area (Å²) in [7, 11) is 0. The molecule has 0 bridgehead atoms. The number of amides is 1. The Labute approximate surface area is 216 Å². The van der Waals surface area contributed by atoms with Crippen LogP contribution >= 0.6 is 24.0 Å². The highest BCUT2D eigenvalue weighted by Gasteiger charge is 2.33. The van der Waals surface area contributed by atoms with E-state index in [4.69, 9.17) is 12.2 Å². The summed E-state index contributed by atoms with van der Waals surface area (Å²) < 4.78 is 2.27. The van der Waals surface area contributed by atoms with Crippen molar-refractivity contribution in [3.05, 3.63) is 67.3 Å². The minimum Gasteiger partial charge on any atom is -0.357 e. The van der Waals surface area contributed by atoms with Crippen LogP contribution in [0.5, 0.6) is 0 Å². The number of benzene rings is 1. The summed E-state index contributed by atoms with van der Waals surface area (Å²) in [5, 5.41) is 9.81. The van der Waals surface area contributed by atoms with Gasteiger partial charge in [-0.15, -0.1) is 0 Å². The van der Waals surface area contributed by atoms with Crippen molar-refractivity contribution < 1.29 is 4.79 Å². The Morgan fingerprint density at radius 1 is 1.14 bits per heavy atom. The van der Waals surface area contributed by atoms with E-state index >= 15 is 0 Å². The highest BCUT2D eigenvalue weighted by Crippen LogP contribution is 2.37. The maximum absolute atomic E-state index is 13.4. The summed E-state index contributed by atoms with van der Waals surface area (Å²) >= 11 is 6.85. The SMILES string of the molecule is CCCCn1c(N2CCCC2)c(C=C2SC(=S)N(Cc3ccc(C)cc3)C2=O)c(C)c(C#N)c1=O. The van der Waals surface area contributed by atoms with E-state index in [0.717, 1.165) is 61.3 Å². The molecule has 182 valence electrons. The van der Waals surface area contributed by atoms with E-state index < -0.39 is 0 Å². The molecular formula is C27H30N4O2S2. The number of anilines is 1. The van der Waals surface area contributed by atoms with Crippen molar-refractivity contribution >= 4 is 46.1 Å². The third-order valence-electron chi connectivity index (χ3n) is 6.60. The van der Waals surface area contributed by atoms with Crippen LogP contribution in [0.3, 0.4) is 0 Å². The van der Waals surface area contributed by atoms with Gasteiger partial charge in [-0.3, -0.25) is 19.1 Å². The second-order valence-electron chi connectivity index (χ2n) is 9.11. The minimum atomic E-state index is -0.246. The standard InChI is InChI=1S/C27H30N4O2S2/c1-4-5-14-30-24(29-12-6-7-13-29)21(19(3)22(16-28)25(30)32)15-23-26(33)31(27(34)35-23)17-20-10-8-18(2)9-11-20/h8-11,15H,4-7,12-14,17H2,1-3H3. The van der Waals surface area contributed by atoms with Gasteiger partial charge in [0.15, 0.2) is 0 Å². The Hall–Kier alpha value is -2.89. The number of unbranched alkanes of at least 4 members (excludes halogenated alkanes) is 1. The molecule has 6 nitrogen and oxygen atoms in total. The van der Waals surface area contributed by atoms with Gasteiger partial charge in [0.1, 0.15) is 21.8 Å². The van der Waals surface area contributed by atoms with Crippen LogP contribution in [0.4, 0.5) is 5.82 Å². The van der Waals surface area contributed by atoms with E-state index in [1.165, 1.54) is 11.8 Å². The van der Waals surface area contributed by atoms with E-state index in [-0.39, 0.29) is 17.0 Å². The van der Waals surface area contributed by atoms with Crippen LogP contribution in [0.15, 0.2) is 34.0 Å². The number of aryl methyl sites for hydroxylation is 1. The zero-order valence-corrected chi connectivity index (χ0v) is 22.1. The van der Waals surface area contributed by atoms with Crippen molar-refractivity contribution in [2.24, 2.45) is 0 Å². The number of pyridine rings is 1. The first-order valence-corrected chi connectivity index (χ1v) is 13.3. The number of rotatable bonds is 7. The second kappa shape index (κ2) is 10.8. The van der Waals surface area contributed by atoms with Crippen LogP contribution in [-0.4, -0.2) is 32.8 Å². The van der Waals surface area contributed by atoms with E-state index in [9.17, 15) is 14.9 Å². The van der Waals surface area contributed by atoms with Crippen LogP contribution in [0.1, 0.15) is 60.4 Å². The Bertz CT molecular complexity index is 1280. The molecule has 2 aromatic rings. The number of hydrogen-bond donors (Lipinski definition) is 0. The molecule has 0 N–H and O–H groups in total. The molecule has 4 rings (SSSR count). The van der Waals surface area contributed by atoms with E-state index in [2.05, 4.69) is 17.9 Å². The van der Waals surface area contributed by atoms with Gasteiger partial charge in [0.25, 0.3) is 11.5 Å². The van der Waals surface area contributed by atoms with Crippen LogP contribution < -0.4 is 10.5 Å². The smallest absolute Gasteiger partial charge is 0.270 e. The molecule has 0 saturated carbocycles. The molecule has 2 saturated heterocycles. The maximum atomic E-state index is 13.4. The topological polar surface area (TPSA) is 69.3 Å². The average Bonchev–Trinajstić information content (AvgIpc) is 3.46. The van der Waals surface area contributed by atoms with Crippen LogP contribution in [0, 0.1) is 25.2 Å². The van der Waals surface area contributed by atoms with E-state index in [1.54, 1.807) is 9.47 Å². The quantitative estimate of drug-likeness (QED) is 0.383. The monoisotopic (exact) mass is 506 g/mol. The molecule has 0 spiro atoms. The molecule has 2 aliphatic heterocycles. The van der Waals surface area contributed by atoms with Gasteiger partial charge < -0.3 is 4.90 Å². The van der Waals surface area contributed by atoms with Crippen LogP contribution in [0.2, 0.25) is 0 Å². The van der Waals surface area contributed by atoms with Gasteiger partial charge in [0, 0.05) is 25.2 Å². The summed E-state index contributed by atoms with van der Waals surface area (Å²) in [5.41, 5.74) is 3.47. The fraction of sp³-hybridized carbons (Fsp3) is 0.407. The Morgan fingerprint density at radius 2 is 1.83 bits per heavy atom. The summed E-state index contributed by atoms with van der Waals surface area (Å²) in [6.07, 6.45) is 5.74. The normalized spacial score (nSPS) is 17.0. The molecule has 0 radical (unpaired) electrons. The van der Waals surface area contributed by atoms with Gasteiger partial charge >= 0.3 is 0 Å². The number of carbonyl (C=O) groups is 1. The fourth-order valence-electron chi connectivity index (χ4n) is 4.58. The lowest BCUT2D eigenvalue weighted by Crippen LogP contribution is -2.33. The highest BCUT2D eigenvalue weighted by atomic mass is 32.2. The Morgan fingerprint density at radius 3 is 2.46 bits per heavy atom. The predicted molar refractivity (Wildman–Crippen MR) is 146 cm³/mol. The fourth-order valence-corrected chi connectivity index (χ4v) is 5.82. The zero-order chi connectivity index (χ0) is 25.1. The number of hydrogen-bond acceptors (Lipinski definition) is 6. The van der Waals surface area contributed by atoms with Gasteiger partial charge in [-0.05, 0) is 50.3 Å². The molecule has 0 unspecified atom stereocenters. The zero-order valence-electron chi connectivity index (χ0n) is 20.5. The number of thioether (sulfide) groups is 1. The molecule has 2 fully saturated rings. The van der Waals surface area contributed by atoms with Gasteiger partial charge in [-0.1, -0.05) is 67.2 Å². The van der Waals surface area contributed by atoms with Crippen molar-refractivity contribution in [1.82, 2.24) is 9.47 Å². The van der Waals surface area contributed by atoms with Crippen molar-refractivity contribution in [1.29, 1.82) is 5.26 Å². The Balaban J connectivity index is 1.79. The average molecular weight is 507 g/mol. The lowest BCUT2D eigenvalue weighted by atomic mass is 10.0. The molecule has 35 heavy (non-hydrogen) atoms. The van der Waals surface area contributed by atoms with E-state index in [0.29, 0.717) is 27.9 Å². The lowest BCUT2D eigenvalue weighted by Gasteiger charge is -2.27. The number of nitrogens with zero attached hydrogens (tertiary/aromatic N) is 4. The molecule has 1 aromatic heterocycles. The van der Waals surface area contributed by atoms with Crippen molar-refractivity contribution in [2.75, 3.05) is 18.0 Å². The minimum absolute atomic E-state index is 0.142. The second-order valence-corrected chi connectivity index (χ2v) is 10.8. The third kappa shape index (κ3) is 5.07. The van der Waals surface area contributed by atoms with Crippen LogP contribution in [0.25, 0.3) is 6.08 Å². The number of thiocarbonyl (C=S) groups is 1. The largest absolute Gasteiger partial charge is 0.357 e. The summed E-state index contributed by atoms with van der Waals surface area (Å²) in [5.74, 6) is 0.679. The molecule has 8 heteroatoms. The third-order valence-corrected chi connectivity index (χ3v) is 7.98. The molecule has 2 aliphatic rings. The highest BCUT2D eigenvalue weighted by molar-refractivity contribution is 8.26. The van der Waals surface area contributed by atoms with Crippen molar-refractivity contribution in [2.45, 2.75) is 59.5 Å². The van der Waals surface area contributed by atoms with Gasteiger partial charge in [0.05, 0.1) is 11.4 Å². The van der Waals surface area contributed by atoms with Gasteiger partial charge in [0.2, 0.25) is 0 Å². The molecule has 1 amide bonds. The lowest BCUT2D eigenvalue weighted by molar-refractivity contribution is -0.122. The number of nitriles is 1. The molecule has 1 aromatic carbocycles. The molecule has 3 heterocycles. The molecule has 0 atom stereocenters. The number of aromatic nitrogens is 1. The van der Waals surface area contributed by atoms with E-state index in [1.807, 2.05) is 44.2 Å². The first kappa shape index (κ1) is 25.2. The van der Waals surface area contributed by atoms with Gasteiger partial charge in [-0.25, -0.2) is 0 Å². The van der Waals surface area contributed by atoms with Crippen molar-refractivity contribution in [3.63, 3.8) is 0 Å². The summed E-state index contributed by atoms with van der Waals surface area (Å²) in [6.45, 7) is 8.59. The molecular weight excluding hydrogens is 476 g/mol. The van der Waals surface area contributed by atoms with Gasteiger partial charge in [-0.2, -0.15) is 5.26 Å². The summed E-state index contributed by atoms with van der Waals surface area (Å²) in [4.78, 5) is 31.1. The molecule has 0 aliphatic carbocycles. The number of carbonyl (C=O) groups excluding carboxylic acids is 1. The maximum Gasteiger partial charge on any atom is 0.270 e. The first-order valence-electron chi connectivity index (χ1n) is 12.1. The first-order chi connectivity index (χ1) is 16.8. The van der Waals surface area contributed by atoms with Crippen LogP contribution in [-0.2, 0) is 17.9 Å². The predicted octanol–water partition coefficient (Wildman–Crippen LogP) is 5.14. The Kier molecular flexibility index (Phi) is 7.78.